The van der Waals surface area contributed by atoms with Crippen LogP contribution in [0.3, 0.4) is 0 Å². The third-order valence-corrected chi connectivity index (χ3v) is 6.43. The molecule has 2 aliphatic rings. The van der Waals surface area contributed by atoms with Crippen LogP contribution in [0.4, 0.5) is 5.82 Å². The third-order valence-electron chi connectivity index (χ3n) is 3.71. The van der Waals surface area contributed by atoms with Gasteiger partial charge in [0.15, 0.2) is 9.84 Å². The molecule has 0 spiro atoms. The molecule has 3 rings (SSSR count). The fourth-order valence-corrected chi connectivity index (χ4v) is 5.35. The standard InChI is InChI=1S/C12H17N3O3S2/c1-2-11(16)13-12-9-5-19-6-10(9)14-15(12)8-3-4-20(17,18)7-8/h8H,2-7H2,1H3,(H,13,16). The van der Waals surface area contributed by atoms with Gasteiger partial charge in [-0.25, -0.2) is 13.1 Å². The summed E-state index contributed by atoms with van der Waals surface area (Å²) in [5, 5.41) is 7.44. The molecule has 20 heavy (non-hydrogen) atoms. The Labute approximate surface area is 122 Å². The third kappa shape index (κ3) is 2.46. The van der Waals surface area contributed by atoms with E-state index in [1.165, 1.54) is 0 Å². The molecule has 0 bridgehead atoms. The van der Waals surface area contributed by atoms with Crippen LogP contribution in [0.15, 0.2) is 0 Å². The molecule has 1 atom stereocenters. The van der Waals surface area contributed by atoms with Crippen LogP contribution in [-0.2, 0) is 26.1 Å². The van der Waals surface area contributed by atoms with E-state index in [4.69, 9.17) is 0 Å². The van der Waals surface area contributed by atoms with Gasteiger partial charge in [-0.15, -0.1) is 0 Å². The number of carbonyl (C=O) groups excluding carboxylic acids is 1. The Morgan fingerprint density at radius 1 is 1.50 bits per heavy atom. The molecule has 6 nitrogen and oxygen atoms in total. The molecule has 1 aromatic rings. The topological polar surface area (TPSA) is 81.1 Å². The van der Waals surface area contributed by atoms with Crippen molar-refractivity contribution >= 4 is 33.3 Å². The van der Waals surface area contributed by atoms with E-state index >= 15 is 0 Å². The van der Waals surface area contributed by atoms with E-state index in [2.05, 4.69) is 10.4 Å². The Kier molecular flexibility index (Phi) is 3.53. The molecule has 1 unspecified atom stereocenters. The summed E-state index contributed by atoms with van der Waals surface area (Å²) in [6.45, 7) is 1.80. The zero-order valence-electron chi connectivity index (χ0n) is 11.3. The van der Waals surface area contributed by atoms with Gasteiger partial charge < -0.3 is 5.32 Å². The monoisotopic (exact) mass is 315 g/mol. The zero-order chi connectivity index (χ0) is 14.3. The van der Waals surface area contributed by atoms with Gasteiger partial charge in [-0.2, -0.15) is 16.9 Å². The lowest BCUT2D eigenvalue weighted by Gasteiger charge is -2.15. The van der Waals surface area contributed by atoms with Crippen molar-refractivity contribution in [2.75, 3.05) is 16.8 Å². The normalized spacial score (nSPS) is 23.8. The van der Waals surface area contributed by atoms with Crippen LogP contribution >= 0.6 is 11.8 Å². The number of aromatic nitrogens is 2. The summed E-state index contributed by atoms with van der Waals surface area (Å²) in [4.78, 5) is 11.7. The molecular weight excluding hydrogens is 298 g/mol. The van der Waals surface area contributed by atoms with E-state index in [1.54, 1.807) is 23.4 Å². The fraction of sp³-hybridized carbons (Fsp3) is 0.667. The van der Waals surface area contributed by atoms with Crippen molar-refractivity contribution in [3.05, 3.63) is 11.3 Å². The second-order valence-electron chi connectivity index (χ2n) is 5.17. The quantitative estimate of drug-likeness (QED) is 0.910. The summed E-state index contributed by atoms with van der Waals surface area (Å²) in [5.41, 5.74) is 2.03. The lowest BCUT2D eigenvalue weighted by atomic mass is 10.2. The summed E-state index contributed by atoms with van der Waals surface area (Å²) >= 11 is 1.76. The highest BCUT2D eigenvalue weighted by Gasteiger charge is 2.34. The van der Waals surface area contributed by atoms with E-state index in [-0.39, 0.29) is 23.5 Å². The summed E-state index contributed by atoms with van der Waals surface area (Å²) in [7, 11) is -2.97. The van der Waals surface area contributed by atoms with Crippen molar-refractivity contribution in [3.63, 3.8) is 0 Å². The number of nitrogens with zero attached hydrogens (tertiary/aromatic N) is 2. The maximum atomic E-state index is 11.7. The molecule has 3 heterocycles. The van der Waals surface area contributed by atoms with Gasteiger partial charge in [-0.3, -0.25) is 4.79 Å². The summed E-state index contributed by atoms with van der Waals surface area (Å²) in [5.74, 6) is 2.63. The first kappa shape index (κ1) is 13.9. The molecule has 1 amide bonds. The number of thioether (sulfide) groups is 1. The van der Waals surface area contributed by atoms with Crippen molar-refractivity contribution in [2.24, 2.45) is 0 Å². The SMILES string of the molecule is CCC(=O)Nc1c2c(nn1C1CCS(=O)(=O)C1)CSC2. The maximum Gasteiger partial charge on any atom is 0.225 e. The number of fused-ring (bicyclic) bond motifs is 1. The molecule has 1 aromatic heterocycles. The van der Waals surface area contributed by atoms with Crippen molar-refractivity contribution in [2.45, 2.75) is 37.3 Å². The predicted molar refractivity (Wildman–Crippen MR) is 78.5 cm³/mol. The van der Waals surface area contributed by atoms with Crippen molar-refractivity contribution in [1.82, 2.24) is 9.78 Å². The minimum absolute atomic E-state index is 0.0632. The predicted octanol–water partition coefficient (Wildman–Crippen LogP) is 1.34. The van der Waals surface area contributed by atoms with E-state index in [0.29, 0.717) is 18.7 Å². The van der Waals surface area contributed by atoms with Crippen LogP contribution in [0.25, 0.3) is 0 Å². The number of hydrogen-bond acceptors (Lipinski definition) is 5. The van der Waals surface area contributed by atoms with Gasteiger partial charge in [0.05, 0.1) is 23.2 Å². The number of sulfone groups is 1. The van der Waals surface area contributed by atoms with Gasteiger partial charge in [0.2, 0.25) is 5.91 Å². The molecule has 8 heteroatoms. The van der Waals surface area contributed by atoms with Crippen LogP contribution in [-0.4, -0.2) is 35.6 Å². The fourth-order valence-electron chi connectivity index (χ4n) is 2.62. The van der Waals surface area contributed by atoms with Gasteiger partial charge in [0.1, 0.15) is 5.82 Å². The Balaban J connectivity index is 1.96. The van der Waals surface area contributed by atoms with Crippen LogP contribution in [0, 0.1) is 0 Å². The Morgan fingerprint density at radius 3 is 2.95 bits per heavy atom. The number of rotatable bonds is 3. The second-order valence-corrected chi connectivity index (χ2v) is 8.38. The largest absolute Gasteiger partial charge is 0.311 e. The Hall–Kier alpha value is -1.02. The molecule has 1 fully saturated rings. The molecule has 0 saturated carbocycles. The summed E-state index contributed by atoms with van der Waals surface area (Å²) in [6.07, 6.45) is 0.973. The van der Waals surface area contributed by atoms with E-state index in [0.717, 1.165) is 22.8 Å². The Morgan fingerprint density at radius 2 is 2.30 bits per heavy atom. The maximum absolute atomic E-state index is 11.7. The number of nitrogens with one attached hydrogen (secondary N) is 1. The molecule has 0 radical (unpaired) electrons. The van der Waals surface area contributed by atoms with Crippen LogP contribution < -0.4 is 5.32 Å². The molecule has 2 aliphatic heterocycles. The molecule has 1 N–H and O–H groups in total. The van der Waals surface area contributed by atoms with Gasteiger partial charge in [-0.05, 0) is 6.42 Å². The minimum atomic E-state index is -2.97. The summed E-state index contributed by atoms with van der Waals surface area (Å²) in [6, 6.07) is -0.150. The Bertz CT molecular complexity index is 651. The van der Waals surface area contributed by atoms with Crippen LogP contribution in [0.2, 0.25) is 0 Å². The van der Waals surface area contributed by atoms with Gasteiger partial charge in [-0.1, -0.05) is 6.92 Å². The van der Waals surface area contributed by atoms with Crippen molar-refractivity contribution in [1.29, 1.82) is 0 Å². The van der Waals surface area contributed by atoms with E-state index < -0.39 is 9.84 Å². The molecular formula is C12H17N3O3S2. The second kappa shape index (κ2) is 5.07. The van der Waals surface area contributed by atoms with Crippen LogP contribution in [0.1, 0.15) is 37.1 Å². The first-order chi connectivity index (χ1) is 9.50. The first-order valence-corrected chi connectivity index (χ1v) is 9.66. The molecule has 1 saturated heterocycles. The highest BCUT2D eigenvalue weighted by molar-refractivity contribution is 7.98. The minimum Gasteiger partial charge on any atom is -0.311 e. The smallest absolute Gasteiger partial charge is 0.225 e. The molecule has 0 aromatic carbocycles. The molecule has 110 valence electrons. The van der Waals surface area contributed by atoms with Crippen molar-refractivity contribution in [3.8, 4) is 0 Å². The number of amides is 1. The number of anilines is 1. The number of carbonyl (C=O) groups is 1. The lowest BCUT2D eigenvalue weighted by Crippen LogP contribution is -2.19. The van der Waals surface area contributed by atoms with Crippen LogP contribution in [0.5, 0.6) is 0 Å². The summed E-state index contributed by atoms with van der Waals surface area (Å²) < 4.78 is 25.0. The van der Waals surface area contributed by atoms with E-state index in [9.17, 15) is 13.2 Å². The van der Waals surface area contributed by atoms with Gasteiger partial charge in [0, 0.05) is 23.5 Å². The van der Waals surface area contributed by atoms with Gasteiger partial charge >= 0.3 is 0 Å². The first-order valence-electron chi connectivity index (χ1n) is 6.68. The van der Waals surface area contributed by atoms with Crippen molar-refractivity contribution < 1.29 is 13.2 Å². The average molecular weight is 315 g/mol. The lowest BCUT2D eigenvalue weighted by molar-refractivity contribution is -0.115. The highest BCUT2D eigenvalue weighted by Crippen LogP contribution is 2.38. The highest BCUT2D eigenvalue weighted by atomic mass is 32.2. The molecule has 0 aliphatic carbocycles. The van der Waals surface area contributed by atoms with Gasteiger partial charge in [0.25, 0.3) is 0 Å². The number of hydrogen-bond donors (Lipinski definition) is 1. The average Bonchev–Trinajstić information content (AvgIpc) is 3.05. The van der Waals surface area contributed by atoms with E-state index in [1.807, 2.05) is 0 Å². The zero-order valence-corrected chi connectivity index (χ0v) is 12.9.